The molecule has 0 radical (unpaired) electrons. The summed E-state index contributed by atoms with van der Waals surface area (Å²) in [6.45, 7) is 4.10. The molecule has 0 bridgehead atoms. The van der Waals surface area contributed by atoms with Crippen LogP contribution < -0.4 is 5.32 Å². The molecule has 0 spiro atoms. The number of nitrogens with one attached hydrogen (secondary N) is 1. The molecule has 0 saturated heterocycles. The number of aromatic nitrogens is 2. The molecule has 1 unspecified atom stereocenters. The number of rotatable bonds is 4. The Hall–Kier alpha value is -1.99. The van der Waals surface area contributed by atoms with E-state index in [1.807, 2.05) is 22.8 Å². The summed E-state index contributed by atoms with van der Waals surface area (Å²) < 4.78 is 1.97. The number of benzene rings is 1. The number of para-hydroxylation sites is 1. The fraction of sp³-hybridized carbons (Fsp3) is 0.286. The van der Waals surface area contributed by atoms with E-state index in [1.165, 1.54) is 0 Å². The van der Waals surface area contributed by atoms with Crippen molar-refractivity contribution in [2.24, 2.45) is 0 Å². The van der Waals surface area contributed by atoms with Crippen molar-refractivity contribution < 1.29 is 0 Å². The molecule has 98 valence electrons. The van der Waals surface area contributed by atoms with E-state index < -0.39 is 6.04 Å². The first-order valence-electron chi connectivity index (χ1n) is 6.06. The van der Waals surface area contributed by atoms with Crippen molar-refractivity contribution >= 4 is 17.3 Å². The van der Waals surface area contributed by atoms with Gasteiger partial charge in [0, 0.05) is 6.04 Å². The molecule has 1 N–H and O–H groups in total. The topological polar surface area (TPSA) is 53.6 Å². The zero-order valence-corrected chi connectivity index (χ0v) is 11.6. The number of hydrogen-bond acceptors (Lipinski definition) is 3. The van der Waals surface area contributed by atoms with Gasteiger partial charge in [-0.05, 0) is 26.0 Å². The van der Waals surface area contributed by atoms with Crippen LogP contribution in [0, 0.1) is 11.3 Å². The number of halogens is 1. The Morgan fingerprint density at radius 3 is 2.74 bits per heavy atom. The normalized spacial score (nSPS) is 12.2. The molecule has 0 saturated carbocycles. The summed E-state index contributed by atoms with van der Waals surface area (Å²) in [5, 5.41) is 13.1. The number of nitriles is 1. The third kappa shape index (κ3) is 2.88. The molecular formula is C14H15ClN4. The first-order chi connectivity index (χ1) is 9.13. The lowest BCUT2D eigenvalue weighted by Crippen LogP contribution is -2.15. The van der Waals surface area contributed by atoms with Gasteiger partial charge in [0.15, 0.2) is 6.04 Å². The van der Waals surface area contributed by atoms with Crippen LogP contribution in [0.1, 0.15) is 31.6 Å². The molecule has 0 aliphatic rings. The predicted molar refractivity (Wildman–Crippen MR) is 76.0 cm³/mol. The monoisotopic (exact) mass is 274 g/mol. The fourth-order valence-corrected chi connectivity index (χ4v) is 2.07. The molecule has 1 aromatic carbocycles. The lowest BCUT2D eigenvalue weighted by molar-refractivity contribution is 0.570. The summed E-state index contributed by atoms with van der Waals surface area (Å²) in [7, 11) is 0. The van der Waals surface area contributed by atoms with Crippen molar-refractivity contribution in [3.63, 3.8) is 0 Å². The molecule has 1 aromatic heterocycles. The van der Waals surface area contributed by atoms with E-state index in [0.29, 0.717) is 5.02 Å². The maximum Gasteiger partial charge on any atom is 0.156 e. The molecule has 4 nitrogen and oxygen atoms in total. The second-order valence-electron chi connectivity index (χ2n) is 4.51. The predicted octanol–water partition coefficient (Wildman–Crippen LogP) is 3.79. The summed E-state index contributed by atoms with van der Waals surface area (Å²) >= 11 is 6.09. The Morgan fingerprint density at radius 1 is 1.37 bits per heavy atom. The molecule has 0 aliphatic heterocycles. The average molecular weight is 275 g/mol. The largest absolute Gasteiger partial charge is 0.364 e. The number of nitrogens with zero attached hydrogens (tertiary/aromatic N) is 3. The summed E-state index contributed by atoms with van der Waals surface area (Å²) in [5.41, 5.74) is 1.57. The van der Waals surface area contributed by atoms with Gasteiger partial charge < -0.3 is 9.88 Å². The maximum atomic E-state index is 9.36. The highest BCUT2D eigenvalue weighted by Crippen LogP contribution is 2.26. The van der Waals surface area contributed by atoms with Crippen molar-refractivity contribution in [2.45, 2.75) is 25.9 Å². The first-order valence-corrected chi connectivity index (χ1v) is 6.43. The van der Waals surface area contributed by atoms with Gasteiger partial charge in [-0.25, -0.2) is 4.98 Å². The standard InChI is InChI=1S/C14H15ClN4/c1-10(2)19-9-17-8-14(19)13(7-16)18-12-6-4-3-5-11(12)15/h3-6,8-10,13,18H,1-2H3. The van der Waals surface area contributed by atoms with E-state index in [1.54, 1.807) is 18.6 Å². The van der Waals surface area contributed by atoms with Crippen LogP contribution in [0.3, 0.4) is 0 Å². The van der Waals surface area contributed by atoms with Crippen LogP contribution in [-0.4, -0.2) is 9.55 Å². The molecule has 1 atom stereocenters. The second-order valence-corrected chi connectivity index (χ2v) is 4.91. The van der Waals surface area contributed by atoms with Crippen LogP contribution in [0.5, 0.6) is 0 Å². The third-order valence-electron chi connectivity index (χ3n) is 2.85. The molecular weight excluding hydrogens is 260 g/mol. The van der Waals surface area contributed by atoms with Gasteiger partial charge in [0.1, 0.15) is 0 Å². The number of anilines is 1. The Balaban J connectivity index is 2.29. The number of hydrogen-bond donors (Lipinski definition) is 1. The molecule has 0 aliphatic carbocycles. The number of imidazole rings is 1. The Morgan fingerprint density at radius 2 is 2.11 bits per heavy atom. The molecule has 19 heavy (non-hydrogen) atoms. The second kappa shape index (κ2) is 5.77. The zero-order valence-electron chi connectivity index (χ0n) is 10.8. The lowest BCUT2D eigenvalue weighted by atomic mass is 10.2. The van der Waals surface area contributed by atoms with E-state index in [-0.39, 0.29) is 6.04 Å². The molecule has 2 rings (SSSR count). The van der Waals surface area contributed by atoms with E-state index in [2.05, 4.69) is 30.2 Å². The SMILES string of the molecule is CC(C)n1cncc1C(C#N)Nc1ccccc1Cl. The van der Waals surface area contributed by atoms with Crippen LogP contribution in [0.15, 0.2) is 36.8 Å². The third-order valence-corrected chi connectivity index (χ3v) is 3.18. The van der Waals surface area contributed by atoms with Crippen molar-refractivity contribution in [1.82, 2.24) is 9.55 Å². The van der Waals surface area contributed by atoms with E-state index in [9.17, 15) is 5.26 Å². The van der Waals surface area contributed by atoms with Gasteiger partial charge in [-0.2, -0.15) is 5.26 Å². The summed E-state index contributed by atoms with van der Waals surface area (Å²) in [6.07, 6.45) is 3.44. The van der Waals surface area contributed by atoms with Gasteiger partial charge in [-0.15, -0.1) is 0 Å². The van der Waals surface area contributed by atoms with Crippen molar-refractivity contribution in [1.29, 1.82) is 5.26 Å². The van der Waals surface area contributed by atoms with E-state index in [4.69, 9.17) is 11.6 Å². The Labute approximate surface area is 117 Å². The Kier molecular flexibility index (Phi) is 4.08. The van der Waals surface area contributed by atoms with Crippen LogP contribution in [0.2, 0.25) is 5.02 Å². The highest BCUT2D eigenvalue weighted by molar-refractivity contribution is 6.33. The summed E-state index contributed by atoms with van der Waals surface area (Å²) in [4.78, 5) is 4.12. The van der Waals surface area contributed by atoms with Crippen LogP contribution in [0.4, 0.5) is 5.69 Å². The molecule has 2 aromatic rings. The molecule has 5 heteroatoms. The zero-order chi connectivity index (χ0) is 13.8. The highest BCUT2D eigenvalue weighted by Gasteiger charge is 2.17. The molecule has 0 amide bonds. The quantitative estimate of drug-likeness (QED) is 0.923. The van der Waals surface area contributed by atoms with Gasteiger partial charge in [0.25, 0.3) is 0 Å². The minimum atomic E-state index is -0.482. The smallest absolute Gasteiger partial charge is 0.156 e. The first kappa shape index (κ1) is 13.4. The van der Waals surface area contributed by atoms with E-state index in [0.717, 1.165) is 11.4 Å². The highest BCUT2D eigenvalue weighted by atomic mass is 35.5. The molecule has 1 heterocycles. The summed E-state index contributed by atoms with van der Waals surface area (Å²) in [6, 6.07) is 9.39. The van der Waals surface area contributed by atoms with Gasteiger partial charge in [-0.1, -0.05) is 23.7 Å². The van der Waals surface area contributed by atoms with Crippen molar-refractivity contribution in [3.8, 4) is 6.07 Å². The molecule has 0 fully saturated rings. The lowest BCUT2D eigenvalue weighted by Gasteiger charge is -2.18. The van der Waals surface area contributed by atoms with Crippen LogP contribution >= 0.6 is 11.6 Å². The van der Waals surface area contributed by atoms with Crippen molar-refractivity contribution in [3.05, 3.63) is 47.5 Å². The van der Waals surface area contributed by atoms with Crippen LogP contribution in [0.25, 0.3) is 0 Å². The average Bonchev–Trinajstić information content (AvgIpc) is 2.87. The van der Waals surface area contributed by atoms with Gasteiger partial charge in [-0.3, -0.25) is 0 Å². The fourth-order valence-electron chi connectivity index (χ4n) is 1.88. The Bertz CT molecular complexity index is 597. The van der Waals surface area contributed by atoms with Crippen molar-refractivity contribution in [2.75, 3.05) is 5.32 Å². The minimum absolute atomic E-state index is 0.251. The van der Waals surface area contributed by atoms with Crippen LogP contribution in [-0.2, 0) is 0 Å². The van der Waals surface area contributed by atoms with Gasteiger partial charge in [0.2, 0.25) is 0 Å². The maximum absolute atomic E-state index is 9.36. The summed E-state index contributed by atoms with van der Waals surface area (Å²) in [5.74, 6) is 0. The van der Waals surface area contributed by atoms with Gasteiger partial charge in [0.05, 0.1) is 35.0 Å². The minimum Gasteiger partial charge on any atom is -0.364 e. The van der Waals surface area contributed by atoms with Gasteiger partial charge >= 0.3 is 0 Å². The van der Waals surface area contributed by atoms with E-state index >= 15 is 0 Å².